The number of rotatable bonds is 6. The lowest BCUT2D eigenvalue weighted by Crippen LogP contribution is -2.58. The van der Waals surface area contributed by atoms with E-state index in [0.717, 1.165) is 29.5 Å². The molecule has 0 spiro atoms. The third kappa shape index (κ3) is 5.00. The molecule has 4 saturated carbocycles. The van der Waals surface area contributed by atoms with E-state index >= 15 is 0 Å². The van der Waals surface area contributed by atoms with E-state index in [2.05, 4.69) is 68.0 Å². The molecular formula is C31H48BrNO3S. The predicted molar refractivity (Wildman–Crippen MR) is 154 cm³/mol. The Morgan fingerprint density at radius 1 is 1.03 bits per heavy atom. The van der Waals surface area contributed by atoms with Gasteiger partial charge in [-0.15, -0.1) is 11.3 Å². The first-order valence-corrected chi connectivity index (χ1v) is 16.5. The number of carbonyl (C=O) groups is 1. The average molecular weight is 595 g/mol. The number of halogens is 1. The van der Waals surface area contributed by atoms with Crippen LogP contribution in [-0.2, 0) is 4.79 Å². The van der Waals surface area contributed by atoms with Crippen LogP contribution >= 0.6 is 27.3 Å². The zero-order valence-corrected chi connectivity index (χ0v) is 25.8. The van der Waals surface area contributed by atoms with Gasteiger partial charge < -0.3 is 15.5 Å². The summed E-state index contributed by atoms with van der Waals surface area (Å²) < 4.78 is 1.11. The second-order valence-electron chi connectivity index (χ2n) is 14.1. The Kier molecular flexibility index (Phi) is 7.99. The van der Waals surface area contributed by atoms with Gasteiger partial charge in [0.2, 0.25) is 5.91 Å². The lowest BCUT2D eigenvalue weighted by Gasteiger charge is -2.62. The van der Waals surface area contributed by atoms with E-state index in [1.807, 2.05) is 0 Å². The molecule has 1 aromatic heterocycles. The van der Waals surface area contributed by atoms with Crippen molar-refractivity contribution in [2.24, 2.45) is 52.3 Å². The number of aliphatic hydroxyl groups excluding tert-OH is 2. The minimum absolute atomic E-state index is 0.0600. The van der Waals surface area contributed by atoms with E-state index in [0.29, 0.717) is 41.9 Å². The minimum Gasteiger partial charge on any atom is -0.393 e. The molecule has 37 heavy (non-hydrogen) atoms. The normalized spacial score (nSPS) is 43.0. The van der Waals surface area contributed by atoms with Gasteiger partial charge in [0.1, 0.15) is 0 Å². The molecule has 0 saturated heterocycles. The Morgan fingerprint density at radius 2 is 1.73 bits per heavy atom. The van der Waals surface area contributed by atoms with Crippen molar-refractivity contribution in [3.05, 3.63) is 20.8 Å². The van der Waals surface area contributed by atoms with Crippen molar-refractivity contribution in [2.75, 3.05) is 0 Å². The van der Waals surface area contributed by atoms with E-state index in [-0.39, 0.29) is 40.9 Å². The Hall–Kier alpha value is -0.430. The molecular weight excluding hydrogens is 546 g/mol. The highest BCUT2D eigenvalue weighted by Crippen LogP contribution is 2.68. The maximum Gasteiger partial charge on any atom is 0.220 e. The number of amides is 1. The summed E-state index contributed by atoms with van der Waals surface area (Å²) in [5, 5.41) is 25.0. The fourth-order valence-electron chi connectivity index (χ4n) is 9.98. The highest BCUT2D eigenvalue weighted by Gasteiger charge is 2.62. The molecule has 4 nitrogen and oxygen atoms in total. The van der Waals surface area contributed by atoms with Crippen molar-refractivity contribution in [1.29, 1.82) is 0 Å². The molecule has 4 aliphatic carbocycles. The molecule has 4 aliphatic rings. The Bertz CT molecular complexity index is 981. The average Bonchev–Trinajstić information content (AvgIpc) is 3.41. The van der Waals surface area contributed by atoms with Crippen LogP contribution < -0.4 is 5.32 Å². The van der Waals surface area contributed by atoms with E-state index in [1.165, 1.54) is 30.6 Å². The van der Waals surface area contributed by atoms with E-state index in [4.69, 9.17) is 0 Å². The van der Waals surface area contributed by atoms with Gasteiger partial charge in [-0.05, 0) is 132 Å². The maximum atomic E-state index is 13.3. The van der Waals surface area contributed by atoms with Crippen LogP contribution in [-0.4, -0.2) is 28.3 Å². The smallest absolute Gasteiger partial charge is 0.220 e. The third-order valence-corrected chi connectivity index (χ3v) is 13.5. The first-order chi connectivity index (χ1) is 17.4. The molecule has 11 atom stereocenters. The lowest BCUT2D eigenvalue weighted by molar-refractivity contribution is -0.172. The van der Waals surface area contributed by atoms with Gasteiger partial charge in [0.15, 0.2) is 0 Å². The molecule has 5 rings (SSSR count). The molecule has 6 heteroatoms. The van der Waals surface area contributed by atoms with Gasteiger partial charge >= 0.3 is 0 Å². The van der Waals surface area contributed by atoms with E-state index < -0.39 is 0 Å². The zero-order valence-electron chi connectivity index (χ0n) is 23.4. The minimum atomic E-state index is -0.281. The van der Waals surface area contributed by atoms with Crippen molar-refractivity contribution in [1.82, 2.24) is 5.32 Å². The van der Waals surface area contributed by atoms with Crippen LogP contribution in [0, 0.1) is 52.3 Å². The van der Waals surface area contributed by atoms with Gasteiger partial charge in [-0.2, -0.15) is 0 Å². The summed E-state index contributed by atoms with van der Waals surface area (Å²) in [6, 6.07) is 4.26. The van der Waals surface area contributed by atoms with Gasteiger partial charge in [0, 0.05) is 11.3 Å². The number of hydrogen-bond donors (Lipinski definition) is 3. The summed E-state index contributed by atoms with van der Waals surface area (Å²) in [6.07, 6.45) is 8.63. The molecule has 3 N–H and O–H groups in total. The number of carbonyl (C=O) groups excluding carboxylic acids is 1. The van der Waals surface area contributed by atoms with Crippen LogP contribution in [0.1, 0.15) is 103 Å². The van der Waals surface area contributed by atoms with Crippen molar-refractivity contribution in [3.63, 3.8) is 0 Å². The highest BCUT2D eigenvalue weighted by atomic mass is 79.9. The summed E-state index contributed by atoms with van der Waals surface area (Å²) in [4.78, 5) is 14.5. The van der Waals surface area contributed by atoms with E-state index in [9.17, 15) is 15.0 Å². The molecule has 0 bridgehead atoms. The number of hydrogen-bond acceptors (Lipinski definition) is 4. The van der Waals surface area contributed by atoms with Gasteiger partial charge in [0.05, 0.1) is 22.0 Å². The van der Waals surface area contributed by atoms with Crippen LogP contribution in [0.4, 0.5) is 0 Å². The molecule has 1 heterocycles. The Labute approximate surface area is 236 Å². The molecule has 208 valence electrons. The van der Waals surface area contributed by atoms with Crippen molar-refractivity contribution < 1.29 is 15.0 Å². The number of fused-ring (bicyclic) bond motifs is 5. The molecule has 1 amide bonds. The third-order valence-electron chi connectivity index (χ3n) is 11.8. The molecule has 1 aromatic rings. The number of aliphatic hydroxyl groups is 2. The zero-order chi connectivity index (χ0) is 26.7. The van der Waals surface area contributed by atoms with Crippen molar-refractivity contribution in [2.45, 2.75) is 111 Å². The number of nitrogens with one attached hydrogen (secondary N) is 1. The van der Waals surface area contributed by atoms with Crippen LogP contribution in [0.3, 0.4) is 0 Å². The van der Waals surface area contributed by atoms with E-state index in [1.54, 1.807) is 11.3 Å². The first-order valence-electron chi connectivity index (χ1n) is 14.8. The second kappa shape index (κ2) is 10.5. The van der Waals surface area contributed by atoms with Gasteiger partial charge in [-0.3, -0.25) is 4.79 Å². The first kappa shape index (κ1) is 28.1. The summed E-state index contributed by atoms with van der Waals surface area (Å²) in [5.74, 6) is 3.59. The largest absolute Gasteiger partial charge is 0.393 e. The topological polar surface area (TPSA) is 69.6 Å². The Balaban J connectivity index is 1.27. The molecule has 0 radical (unpaired) electrons. The summed E-state index contributed by atoms with van der Waals surface area (Å²) in [7, 11) is 0. The maximum absolute atomic E-state index is 13.3. The predicted octanol–water partition coefficient (Wildman–Crippen LogP) is 7.34. The quantitative estimate of drug-likeness (QED) is 0.323. The summed E-state index contributed by atoms with van der Waals surface area (Å²) in [5.41, 5.74) is 0.420. The van der Waals surface area contributed by atoms with Gasteiger partial charge in [-0.25, -0.2) is 0 Å². The van der Waals surface area contributed by atoms with Crippen molar-refractivity contribution >= 4 is 33.2 Å². The standard InChI is InChI=1S/C31H48BrNO3S/c1-17(2)29(26-8-9-27(32)37-26)33-28(36)14-18(3)21-6-7-22-20-16-25(35)24-15-19(34)10-12-31(24,5)23(20)11-13-30(21,22)4/h8-9,17-25,29,34-35H,6-7,10-16H2,1-5H3,(H,33,36)/t18-,19-,20+,21?,22+,23+,24+,25+,29?,30-,31-/m1/s1. The SMILES string of the molecule is CC(C)C(NC(=O)C[C@@H](C)C1CC[C@H]2[C@@H]3C[C@H](O)[C@@H]4C[C@H](O)CC[C@]4(C)[C@H]3CC[C@]12C)c1ccc(Br)s1. The molecule has 4 fully saturated rings. The highest BCUT2D eigenvalue weighted by molar-refractivity contribution is 9.11. The molecule has 2 unspecified atom stereocenters. The summed E-state index contributed by atoms with van der Waals surface area (Å²) >= 11 is 5.28. The fourth-order valence-corrected chi connectivity index (χ4v) is 11.6. The molecule has 0 aromatic carbocycles. The Morgan fingerprint density at radius 3 is 2.41 bits per heavy atom. The van der Waals surface area contributed by atoms with Crippen LogP contribution in [0.15, 0.2) is 15.9 Å². The van der Waals surface area contributed by atoms with Crippen LogP contribution in [0.5, 0.6) is 0 Å². The van der Waals surface area contributed by atoms with Gasteiger partial charge in [-0.1, -0.05) is 34.6 Å². The van der Waals surface area contributed by atoms with Crippen LogP contribution in [0.2, 0.25) is 0 Å². The monoisotopic (exact) mass is 593 g/mol. The van der Waals surface area contributed by atoms with Gasteiger partial charge in [0.25, 0.3) is 0 Å². The lowest BCUT2D eigenvalue weighted by atomic mass is 9.44. The molecule has 0 aliphatic heterocycles. The number of thiophene rings is 1. The summed E-state index contributed by atoms with van der Waals surface area (Å²) in [6.45, 7) is 11.6. The van der Waals surface area contributed by atoms with Crippen LogP contribution in [0.25, 0.3) is 0 Å². The fraction of sp³-hybridized carbons (Fsp3) is 0.839. The second-order valence-corrected chi connectivity index (χ2v) is 16.6. The van der Waals surface area contributed by atoms with Crippen molar-refractivity contribution in [3.8, 4) is 0 Å².